The molecule has 0 atom stereocenters. The molecule has 0 aliphatic heterocycles. The third-order valence-corrected chi connectivity index (χ3v) is 3.67. The van der Waals surface area contributed by atoms with Crippen LogP contribution in [0.25, 0.3) is 11.0 Å². The van der Waals surface area contributed by atoms with Crippen molar-refractivity contribution in [2.75, 3.05) is 7.11 Å². The largest absolute Gasteiger partial charge is 0.497 e. The first-order valence-electron chi connectivity index (χ1n) is 6.85. The smallest absolute Gasteiger partial charge is 0.143 e. The molecule has 3 aromatic rings. The zero-order valence-corrected chi connectivity index (χ0v) is 13.1. The van der Waals surface area contributed by atoms with Crippen LogP contribution in [0.2, 0.25) is 5.02 Å². The van der Waals surface area contributed by atoms with Crippen LogP contribution < -0.4 is 9.47 Å². The Morgan fingerprint density at radius 2 is 1.91 bits per heavy atom. The molecule has 22 heavy (non-hydrogen) atoms. The SMILES string of the molecule is COc1ccc(COc2cc3nccc(Cl)c3nc2C)cc1. The number of hydrogen-bond acceptors (Lipinski definition) is 4. The number of ether oxygens (including phenoxy) is 2. The van der Waals surface area contributed by atoms with Gasteiger partial charge in [-0.05, 0) is 30.7 Å². The molecular formula is C17H15ClN2O2. The fourth-order valence-corrected chi connectivity index (χ4v) is 2.34. The van der Waals surface area contributed by atoms with Crippen molar-refractivity contribution in [3.63, 3.8) is 0 Å². The monoisotopic (exact) mass is 314 g/mol. The summed E-state index contributed by atoms with van der Waals surface area (Å²) in [6, 6.07) is 11.4. The lowest BCUT2D eigenvalue weighted by molar-refractivity contribution is 0.303. The van der Waals surface area contributed by atoms with Crippen molar-refractivity contribution in [3.8, 4) is 11.5 Å². The van der Waals surface area contributed by atoms with E-state index in [1.54, 1.807) is 19.4 Å². The third kappa shape index (κ3) is 2.97. The molecule has 1 aromatic carbocycles. The Bertz CT molecular complexity index is 804. The zero-order valence-electron chi connectivity index (χ0n) is 12.3. The fourth-order valence-electron chi connectivity index (χ4n) is 2.14. The normalized spacial score (nSPS) is 10.7. The Morgan fingerprint density at radius 1 is 1.14 bits per heavy atom. The maximum atomic E-state index is 6.13. The van der Waals surface area contributed by atoms with Crippen LogP contribution in [0.15, 0.2) is 42.6 Å². The van der Waals surface area contributed by atoms with Gasteiger partial charge in [0.1, 0.15) is 23.6 Å². The van der Waals surface area contributed by atoms with E-state index < -0.39 is 0 Å². The van der Waals surface area contributed by atoms with Gasteiger partial charge >= 0.3 is 0 Å². The zero-order chi connectivity index (χ0) is 15.5. The second-order valence-electron chi connectivity index (χ2n) is 4.87. The van der Waals surface area contributed by atoms with Crippen LogP contribution >= 0.6 is 11.6 Å². The summed E-state index contributed by atoms with van der Waals surface area (Å²) in [6.45, 7) is 2.35. The molecule has 0 saturated carbocycles. The van der Waals surface area contributed by atoms with Crippen LogP contribution in [0.5, 0.6) is 11.5 Å². The van der Waals surface area contributed by atoms with E-state index in [9.17, 15) is 0 Å². The topological polar surface area (TPSA) is 44.2 Å². The number of nitrogens with zero attached hydrogens (tertiary/aromatic N) is 2. The van der Waals surface area contributed by atoms with E-state index in [2.05, 4.69) is 9.97 Å². The van der Waals surface area contributed by atoms with Crippen LogP contribution in [0, 0.1) is 6.92 Å². The number of pyridine rings is 2. The molecule has 0 spiro atoms. The predicted octanol–water partition coefficient (Wildman–Crippen LogP) is 4.18. The molecule has 112 valence electrons. The number of hydrogen-bond donors (Lipinski definition) is 0. The summed E-state index contributed by atoms with van der Waals surface area (Å²) in [5.41, 5.74) is 3.26. The van der Waals surface area contributed by atoms with Gasteiger partial charge in [-0.15, -0.1) is 0 Å². The number of rotatable bonds is 4. The standard InChI is InChI=1S/C17H15ClN2O2/c1-11-16(9-15-17(20-11)14(18)7-8-19-15)22-10-12-3-5-13(21-2)6-4-12/h3-9H,10H2,1-2H3. The first-order chi connectivity index (χ1) is 10.7. The van der Waals surface area contributed by atoms with Crippen molar-refractivity contribution < 1.29 is 9.47 Å². The van der Waals surface area contributed by atoms with E-state index in [0.29, 0.717) is 22.9 Å². The Kier molecular flexibility index (Phi) is 4.11. The Morgan fingerprint density at radius 3 is 2.64 bits per heavy atom. The van der Waals surface area contributed by atoms with Gasteiger partial charge in [0.2, 0.25) is 0 Å². The molecule has 0 N–H and O–H groups in total. The summed E-state index contributed by atoms with van der Waals surface area (Å²) in [7, 11) is 1.65. The molecule has 0 amide bonds. The van der Waals surface area contributed by atoms with Gasteiger partial charge in [0.15, 0.2) is 0 Å². The minimum absolute atomic E-state index is 0.457. The number of methoxy groups -OCH3 is 1. The molecule has 4 nitrogen and oxygen atoms in total. The molecule has 0 radical (unpaired) electrons. The van der Waals surface area contributed by atoms with E-state index in [-0.39, 0.29) is 0 Å². The lowest BCUT2D eigenvalue weighted by Crippen LogP contribution is -1.99. The van der Waals surface area contributed by atoms with Crippen molar-refractivity contribution in [1.29, 1.82) is 0 Å². The Labute approximate surface area is 133 Å². The first kappa shape index (κ1) is 14.6. The summed E-state index contributed by atoms with van der Waals surface area (Å²) >= 11 is 6.13. The number of fused-ring (bicyclic) bond motifs is 1. The van der Waals surface area contributed by atoms with Gasteiger partial charge in [-0.25, -0.2) is 4.98 Å². The van der Waals surface area contributed by atoms with Gasteiger partial charge in [0.25, 0.3) is 0 Å². The van der Waals surface area contributed by atoms with E-state index in [1.807, 2.05) is 37.3 Å². The fraction of sp³-hybridized carbons (Fsp3) is 0.176. The van der Waals surface area contributed by atoms with Gasteiger partial charge in [0.05, 0.1) is 23.3 Å². The summed E-state index contributed by atoms with van der Waals surface area (Å²) in [4.78, 5) is 8.75. The molecule has 3 rings (SSSR count). The Balaban J connectivity index is 1.82. The summed E-state index contributed by atoms with van der Waals surface area (Å²) in [6.07, 6.45) is 1.66. The molecule has 2 aromatic heterocycles. The highest BCUT2D eigenvalue weighted by Gasteiger charge is 2.08. The highest BCUT2D eigenvalue weighted by Crippen LogP contribution is 2.26. The molecule has 0 saturated heterocycles. The minimum Gasteiger partial charge on any atom is -0.497 e. The van der Waals surface area contributed by atoms with Crippen molar-refractivity contribution >= 4 is 22.6 Å². The lowest BCUT2D eigenvalue weighted by atomic mass is 10.2. The third-order valence-electron chi connectivity index (χ3n) is 3.36. The van der Waals surface area contributed by atoms with E-state index in [1.165, 1.54) is 0 Å². The maximum absolute atomic E-state index is 6.13. The highest BCUT2D eigenvalue weighted by molar-refractivity contribution is 6.34. The highest BCUT2D eigenvalue weighted by atomic mass is 35.5. The molecule has 5 heteroatoms. The van der Waals surface area contributed by atoms with Crippen LogP contribution in [0.3, 0.4) is 0 Å². The van der Waals surface area contributed by atoms with Crippen molar-refractivity contribution in [2.45, 2.75) is 13.5 Å². The average Bonchev–Trinajstić information content (AvgIpc) is 2.54. The van der Waals surface area contributed by atoms with Crippen LogP contribution in [0.4, 0.5) is 0 Å². The van der Waals surface area contributed by atoms with Gasteiger partial charge in [-0.3, -0.25) is 4.98 Å². The van der Waals surface area contributed by atoms with Gasteiger partial charge in [-0.1, -0.05) is 23.7 Å². The second-order valence-corrected chi connectivity index (χ2v) is 5.28. The van der Waals surface area contributed by atoms with E-state index in [4.69, 9.17) is 21.1 Å². The molecule has 0 aliphatic rings. The number of benzene rings is 1. The van der Waals surface area contributed by atoms with Gasteiger partial charge in [0, 0.05) is 12.3 Å². The van der Waals surface area contributed by atoms with Crippen molar-refractivity contribution in [1.82, 2.24) is 9.97 Å². The molecule has 2 heterocycles. The summed E-state index contributed by atoms with van der Waals surface area (Å²) < 4.78 is 11.0. The summed E-state index contributed by atoms with van der Waals surface area (Å²) in [5, 5.41) is 0.592. The number of halogens is 1. The summed E-state index contributed by atoms with van der Waals surface area (Å²) in [5.74, 6) is 1.53. The molecule has 0 aliphatic carbocycles. The van der Waals surface area contributed by atoms with Crippen LogP contribution in [0.1, 0.15) is 11.3 Å². The predicted molar refractivity (Wildman–Crippen MR) is 86.6 cm³/mol. The number of aryl methyl sites for hydroxylation is 1. The van der Waals surface area contributed by atoms with Crippen LogP contribution in [-0.4, -0.2) is 17.1 Å². The molecule has 0 fully saturated rings. The van der Waals surface area contributed by atoms with E-state index in [0.717, 1.165) is 22.5 Å². The molecular weight excluding hydrogens is 300 g/mol. The van der Waals surface area contributed by atoms with Crippen LogP contribution in [-0.2, 0) is 6.61 Å². The first-order valence-corrected chi connectivity index (χ1v) is 7.23. The molecule has 0 unspecified atom stereocenters. The lowest BCUT2D eigenvalue weighted by Gasteiger charge is -2.10. The van der Waals surface area contributed by atoms with Gasteiger partial charge in [-0.2, -0.15) is 0 Å². The maximum Gasteiger partial charge on any atom is 0.143 e. The Hall–Kier alpha value is -2.33. The quantitative estimate of drug-likeness (QED) is 0.724. The second kappa shape index (κ2) is 6.20. The molecule has 0 bridgehead atoms. The van der Waals surface area contributed by atoms with Gasteiger partial charge < -0.3 is 9.47 Å². The van der Waals surface area contributed by atoms with E-state index >= 15 is 0 Å². The minimum atomic E-state index is 0.457. The van der Waals surface area contributed by atoms with Crippen molar-refractivity contribution in [3.05, 3.63) is 58.9 Å². The number of aromatic nitrogens is 2. The average molecular weight is 315 g/mol. The van der Waals surface area contributed by atoms with Crippen molar-refractivity contribution in [2.24, 2.45) is 0 Å².